The molecule has 4 nitrogen and oxygen atoms in total. The van der Waals surface area contributed by atoms with Crippen molar-refractivity contribution in [3.05, 3.63) is 67.7 Å². The van der Waals surface area contributed by atoms with Gasteiger partial charge in [-0.25, -0.2) is 0 Å². The minimum atomic E-state index is -0.430. The van der Waals surface area contributed by atoms with Crippen molar-refractivity contribution in [1.82, 2.24) is 0 Å². The van der Waals surface area contributed by atoms with Crippen LogP contribution in [0.1, 0.15) is 11.1 Å². The second-order valence-corrected chi connectivity index (χ2v) is 4.91. The maximum atomic E-state index is 10.9. The standard InChI is InChI=1S/C14H10Cl2N2O2/c1-9-5-6-11(7-13(9)18(19)20)17-8-10-3-2-4-12(15)14(10)16/h2-8H,1H3. The Labute approximate surface area is 125 Å². The lowest BCUT2D eigenvalue weighted by atomic mass is 10.2. The monoisotopic (exact) mass is 308 g/mol. The van der Waals surface area contributed by atoms with Crippen molar-refractivity contribution in [3.63, 3.8) is 0 Å². The second kappa shape index (κ2) is 6.03. The zero-order valence-corrected chi connectivity index (χ0v) is 12.0. The van der Waals surface area contributed by atoms with Crippen molar-refractivity contribution >= 4 is 40.8 Å². The lowest BCUT2D eigenvalue weighted by Crippen LogP contribution is -1.90. The van der Waals surface area contributed by atoms with Crippen molar-refractivity contribution in [2.24, 2.45) is 4.99 Å². The molecular weight excluding hydrogens is 299 g/mol. The molecule has 0 amide bonds. The lowest BCUT2D eigenvalue weighted by molar-refractivity contribution is -0.385. The minimum Gasteiger partial charge on any atom is -0.258 e. The number of halogens is 2. The maximum Gasteiger partial charge on any atom is 0.274 e. The molecule has 0 saturated carbocycles. The molecule has 0 spiro atoms. The van der Waals surface area contributed by atoms with Crippen LogP contribution in [-0.2, 0) is 0 Å². The molecule has 0 aromatic heterocycles. The molecule has 0 aliphatic heterocycles. The summed E-state index contributed by atoms with van der Waals surface area (Å²) in [5.74, 6) is 0. The highest BCUT2D eigenvalue weighted by atomic mass is 35.5. The van der Waals surface area contributed by atoms with Gasteiger partial charge in [-0.3, -0.25) is 15.1 Å². The molecule has 2 aromatic carbocycles. The summed E-state index contributed by atoms with van der Waals surface area (Å²) in [5.41, 5.74) is 1.77. The fourth-order valence-electron chi connectivity index (χ4n) is 1.64. The number of benzene rings is 2. The number of nitrogens with zero attached hydrogens (tertiary/aromatic N) is 2. The van der Waals surface area contributed by atoms with Gasteiger partial charge in [-0.2, -0.15) is 0 Å². The van der Waals surface area contributed by atoms with Crippen LogP contribution in [0.2, 0.25) is 10.0 Å². The fraction of sp³-hybridized carbons (Fsp3) is 0.0714. The van der Waals surface area contributed by atoms with Gasteiger partial charge in [-0.05, 0) is 19.1 Å². The number of aryl methyl sites for hydroxylation is 1. The molecule has 0 aliphatic carbocycles. The Morgan fingerprint density at radius 2 is 2.00 bits per heavy atom. The minimum absolute atomic E-state index is 0.0387. The predicted octanol–water partition coefficient (Wildman–Crippen LogP) is 4.96. The molecule has 0 unspecified atom stereocenters. The van der Waals surface area contributed by atoms with Crippen molar-refractivity contribution in [2.75, 3.05) is 0 Å². The average molecular weight is 309 g/mol. The number of aliphatic imine (C=N–C) groups is 1. The zero-order valence-electron chi connectivity index (χ0n) is 10.5. The van der Waals surface area contributed by atoms with E-state index in [1.165, 1.54) is 12.3 Å². The molecule has 20 heavy (non-hydrogen) atoms. The quantitative estimate of drug-likeness (QED) is 0.457. The highest BCUT2D eigenvalue weighted by Crippen LogP contribution is 2.26. The summed E-state index contributed by atoms with van der Waals surface area (Å²) in [6.45, 7) is 1.68. The highest BCUT2D eigenvalue weighted by molar-refractivity contribution is 6.43. The van der Waals surface area contributed by atoms with Crippen LogP contribution in [0.5, 0.6) is 0 Å². The third-order valence-electron chi connectivity index (χ3n) is 2.72. The van der Waals surface area contributed by atoms with Crippen molar-refractivity contribution < 1.29 is 4.92 Å². The third-order valence-corrected chi connectivity index (χ3v) is 3.56. The summed E-state index contributed by atoms with van der Waals surface area (Å²) in [5, 5.41) is 11.7. The Balaban J connectivity index is 2.34. The van der Waals surface area contributed by atoms with Gasteiger partial charge in [-0.1, -0.05) is 41.4 Å². The first-order valence-corrected chi connectivity index (χ1v) is 6.48. The van der Waals surface area contributed by atoms with E-state index >= 15 is 0 Å². The maximum absolute atomic E-state index is 10.9. The third kappa shape index (κ3) is 3.15. The number of nitro benzene ring substituents is 1. The van der Waals surface area contributed by atoms with Gasteiger partial charge >= 0.3 is 0 Å². The van der Waals surface area contributed by atoms with Gasteiger partial charge in [0.05, 0.1) is 20.7 Å². The molecule has 102 valence electrons. The molecule has 0 radical (unpaired) electrons. The summed E-state index contributed by atoms with van der Waals surface area (Å²) in [6.07, 6.45) is 1.53. The van der Waals surface area contributed by atoms with E-state index in [0.717, 1.165) is 0 Å². The van der Waals surface area contributed by atoms with Crippen LogP contribution >= 0.6 is 23.2 Å². The summed E-state index contributed by atoms with van der Waals surface area (Å²) >= 11 is 11.9. The lowest BCUT2D eigenvalue weighted by Gasteiger charge is -2.01. The number of hydrogen-bond acceptors (Lipinski definition) is 3. The first-order valence-electron chi connectivity index (χ1n) is 5.72. The van der Waals surface area contributed by atoms with Gasteiger partial charge < -0.3 is 0 Å². The summed E-state index contributed by atoms with van der Waals surface area (Å²) in [7, 11) is 0. The van der Waals surface area contributed by atoms with E-state index in [0.29, 0.717) is 26.9 Å². The number of hydrogen-bond donors (Lipinski definition) is 0. The molecule has 0 N–H and O–H groups in total. The average Bonchev–Trinajstić information content (AvgIpc) is 2.41. The molecule has 0 fully saturated rings. The molecule has 2 aromatic rings. The molecule has 0 atom stereocenters. The molecule has 0 heterocycles. The van der Waals surface area contributed by atoms with Crippen LogP contribution in [-0.4, -0.2) is 11.1 Å². The van der Waals surface area contributed by atoms with E-state index in [-0.39, 0.29) is 5.69 Å². The van der Waals surface area contributed by atoms with E-state index in [1.54, 1.807) is 37.3 Å². The van der Waals surface area contributed by atoms with Gasteiger partial charge in [0, 0.05) is 23.4 Å². The smallest absolute Gasteiger partial charge is 0.258 e. The predicted molar refractivity (Wildman–Crippen MR) is 81.5 cm³/mol. The largest absolute Gasteiger partial charge is 0.274 e. The Hall–Kier alpha value is -1.91. The van der Waals surface area contributed by atoms with Crippen LogP contribution in [0.3, 0.4) is 0 Å². The normalized spacial score (nSPS) is 10.9. The van der Waals surface area contributed by atoms with Gasteiger partial charge in [0.15, 0.2) is 0 Å². The van der Waals surface area contributed by atoms with Gasteiger partial charge in [0.25, 0.3) is 5.69 Å². The molecule has 0 bridgehead atoms. The zero-order chi connectivity index (χ0) is 14.7. The topological polar surface area (TPSA) is 55.5 Å². The molecule has 0 aliphatic rings. The Bertz CT molecular complexity index is 700. The van der Waals surface area contributed by atoms with Crippen LogP contribution in [0.25, 0.3) is 0 Å². The van der Waals surface area contributed by atoms with E-state index in [2.05, 4.69) is 4.99 Å². The van der Waals surface area contributed by atoms with Gasteiger partial charge in [0.1, 0.15) is 0 Å². The molecular formula is C14H10Cl2N2O2. The number of rotatable bonds is 3. The van der Waals surface area contributed by atoms with Gasteiger partial charge in [0.2, 0.25) is 0 Å². The molecule has 6 heteroatoms. The first kappa shape index (κ1) is 14.5. The summed E-state index contributed by atoms with van der Waals surface area (Å²) < 4.78 is 0. The van der Waals surface area contributed by atoms with Crippen LogP contribution in [0.15, 0.2) is 41.4 Å². The summed E-state index contributed by atoms with van der Waals surface area (Å²) in [6, 6.07) is 9.98. The Morgan fingerprint density at radius 3 is 2.70 bits per heavy atom. The van der Waals surface area contributed by atoms with Crippen molar-refractivity contribution in [2.45, 2.75) is 6.92 Å². The van der Waals surface area contributed by atoms with E-state index in [9.17, 15) is 10.1 Å². The number of nitro groups is 1. The van der Waals surface area contributed by atoms with Crippen LogP contribution in [0.4, 0.5) is 11.4 Å². The highest BCUT2D eigenvalue weighted by Gasteiger charge is 2.10. The van der Waals surface area contributed by atoms with Crippen molar-refractivity contribution in [3.8, 4) is 0 Å². The van der Waals surface area contributed by atoms with Crippen LogP contribution in [0, 0.1) is 17.0 Å². The van der Waals surface area contributed by atoms with E-state index in [1.807, 2.05) is 0 Å². The first-order chi connectivity index (χ1) is 9.49. The SMILES string of the molecule is Cc1ccc(N=Cc2cccc(Cl)c2Cl)cc1[N+](=O)[O-]. The van der Waals surface area contributed by atoms with Crippen molar-refractivity contribution in [1.29, 1.82) is 0 Å². The van der Waals surface area contributed by atoms with Gasteiger partial charge in [-0.15, -0.1) is 0 Å². The van der Waals surface area contributed by atoms with E-state index < -0.39 is 4.92 Å². The second-order valence-electron chi connectivity index (χ2n) is 4.13. The summed E-state index contributed by atoms with van der Waals surface area (Å²) in [4.78, 5) is 14.6. The Kier molecular flexibility index (Phi) is 4.37. The molecule has 0 saturated heterocycles. The molecule has 2 rings (SSSR count). The van der Waals surface area contributed by atoms with E-state index in [4.69, 9.17) is 23.2 Å². The van der Waals surface area contributed by atoms with Crippen LogP contribution < -0.4 is 0 Å². The Morgan fingerprint density at radius 1 is 1.25 bits per heavy atom. The fourth-order valence-corrected chi connectivity index (χ4v) is 2.00.